The number of nitrogens with zero attached hydrogens (tertiary/aromatic N) is 1. The van der Waals surface area contributed by atoms with Crippen LogP contribution in [0.25, 0.3) is 0 Å². The summed E-state index contributed by atoms with van der Waals surface area (Å²) in [6, 6.07) is 4.38. The van der Waals surface area contributed by atoms with Crippen molar-refractivity contribution in [3.63, 3.8) is 0 Å². The van der Waals surface area contributed by atoms with Gasteiger partial charge in [-0.05, 0) is 31.7 Å². The molecule has 2 fully saturated rings. The number of benzene rings is 1. The molecule has 0 aromatic heterocycles. The number of likely N-dealkylation sites (tertiary alicyclic amines) is 1. The number of ether oxygens (including phenoxy) is 5. The summed E-state index contributed by atoms with van der Waals surface area (Å²) >= 11 is 0. The predicted octanol–water partition coefficient (Wildman–Crippen LogP) is 2.62. The zero-order chi connectivity index (χ0) is 18.1. The van der Waals surface area contributed by atoms with Crippen molar-refractivity contribution in [1.82, 2.24) is 4.90 Å². The Bertz CT molecular complexity index is 651. The largest absolute Gasteiger partial charge is 0.496 e. The Morgan fingerprint density at radius 2 is 1.88 bits per heavy atom. The second-order valence-electron chi connectivity index (χ2n) is 7.44. The third-order valence-electron chi connectivity index (χ3n) is 6.30. The van der Waals surface area contributed by atoms with E-state index in [1.807, 2.05) is 20.3 Å². The van der Waals surface area contributed by atoms with Crippen molar-refractivity contribution in [3.05, 3.63) is 17.7 Å². The highest BCUT2D eigenvalue weighted by Gasteiger charge is 2.51. The second-order valence-corrected chi connectivity index (χ2v) is 7.44. The van der Waals surface area contributed by atoms with Crippen LogP contribution in [0.4, 0.5) is 0 Å². The molecule has 2 aliphatic heterocycles. The topological polar surface area (TPSA) is 49.4 Å². The van der Waals surface area contributed by atoms with E-state index in [-0.39, 0.29) is 5.60 Å². The molecule has 1 aromatic carbocycles. The van der Waals surface area contributed by atoms with Gasteiger partial charge in [0.2, 0.25) is 0 Å². The molecule has 2 heterocycles. The minimum absolute atomic E-state index is 0.0456. The van der Waals surface area contributed by atoms with E-state index in [0.717, 1.165) is 61.6 Å². The summed E-state index contributed by atoms with van der Waals surface area (Å²) in [5.74, 6) is 2.42. The van der Waals surface area contributed by atoms with Crippen LogP contribution in [0.15, 0.2) is 12.1 Å². The fourth-order valence-corrected chi connectivity index (χ4v) is 4.80. The van der Waals surface area contributed by atoms with Gasteiger partial charge in [-0.2, -0.15) is 0 Å². The van der Waals surface area contributed by atoms with Crippen LogP contribution in [-0.4, -0.2) is 63.7 Å². The van der Waals surface area contributed by atoms with E-state index in [9.17, 15) is 0 Å². The lowest BCUT2D eigenvalue weighted by atomic mass is 9.79. The standard InChI is InChI=1S/C20H29NO5/c1-22-15-4-5-20(24-3)6-7-21(19(20)11-15)13-14-10-17-18(12-16(14)23-2)26-9-8-25-17/h10,12,15,19H,4-9,11,13H2,1-3H3. The Hall–Kier alpha value is -1.50. The molecule has 1 aliphatic carbocycles. The fraction of sp³-hybridized carbons (Fsp3) is 0.700. The van der Waals surface area contributed by atoms with E-state index in [1.54, 1.807) is 7.11 Å². The number of rotatable bonds is 5. The van der Waals surface area contributed by atoms with Crippen LogP contribution in [-0.2, 0) is 16.0 Å². The second kappa shape index (κ2) is 7.25. The summed E-state index contributed by atoms with van der Waals surface area (Å²) in [6.07, 6.45) is 4.52. The molecule has 0 N–H and O–H groups in total. The molecule has 3 unspecified atom stereocenters. The molecule has 0 amide bonds. The molecule has 1 aromatic rings. The van der Waals surface area contributed by atoms with Crippen LogP contribution < -0.4 is 14.2 Å². The molecule has 6 nitrogen and oxygen atoms in total. The first-order valence-corrected chi connectivity index (χ1v) is 9.47. The van der Waals surface area contributed by atoms with E-state index in [0.29, 0.717) is 25.4 Å². The number of hydrogen-bond donors (Lipinski definition) is 0. The number of methoxy groups -OCH3 is 3. The lowest BCUT2D eigenvalue weighted by molar-refractivity contribution is -0.0947. The number of fused-ring (bicyclic) bond motifs is 2. The fourth-order valence-electron chi connectivity index (χ4n) is 4.80. The third kappa shape index (κ3) is 3.04. The van der Waals surface area contributed by atoms with E-state index < -0.39 is 0 Å². The summed E-state index contributed by atoms with van der Waals surface area (Å²) in [4.78, 5) is 2.52. The monoisotopic (exact) mass is 363 g/mol. The molecule has 1 saturated heterocycles. The van der Waals surface area contributed by atoms with E-state index >= 15 is 0 Å². The van der Waals surface area contributed by atoms with E-state index in [4.69, 9.17) is 23.7 Å². The van der Waals surface area contributed by atoms with Gasteiger partial charge in [-0.1, -0.05) is 0 Å². The van der Waals surface area contributed by atoms with Gasteiger partial charge in [-0.15, -0.1) is 0 Å². The first-order chi connectivity index (χ1) is 12.7. The Kier molecular flexibility index (Phi) is 4.99. The maximum absolute atomic E-state index is 6.04. The zero-order valence-electron chi connectivity index (χ0n) is 16.0. The van der Waals surface area contributed by atoms with Crippen LogP contribution >= 0.6 is 0 Å². The molecule has 0 bridgehead atoms. The Balaban J connectivity index is 1.58. The van der Waals surface area contributed by atoms with Gasteiger partial charge in [0.05, 0.1) is 18.8 Å². The van der Waals surface area contributed by atoms with Crippen molar-refractivity contribution in [1.29, 1.82) is 0 Å². The van der Waals surface area contributed by atoms with Crippen LogP contribution in [0.1, 0.15) is 31.2 Å². The average Bonchev–Trinajstić information content (AvgIpc) is 3.05. The molecular weight excluding hydrogens is 334 g/mol. The average molecular weight is 363 g/mol. The van der Waals surface area contributed by atoms with Crippen LogP contribution in [0.2, 0.25) is 0 Å². The normalized spacial score (nSPS) is 30.9. The van der Waals surface area contributed by atoms with Crippen molar-refractivity contribution < 1.29 is 23.7 Å². The number of hydrogen-bond acceptors (Lipinski definition) is 6. The molecule has 3 aliphatic rings. The SMILES string of the molecule is COc1cc2c(cc1CN1CCC3(OC)CCC(OC)CC13)OCCO2. The zero-order valence-corrected chi connectivity index (χ0v) is 16.0. The van der Waals surface area contributed by atoms with Crippen molar-refractivity contribution in [2.45, 2.75) is 50.0 Å². The summed E-state index contributed by atoms with van der Waals surface area (Å²) in [7, 11) is 5.38. The molecule has 3 atom stereocenters. The molecule has 6 heteroatoms. The van der Waals surface area contributed by atoms with Gasteiger partial charge in [0.25, 0.3) is 0 Å². The molecule has 4 rings (SSSR count). The first-order valence-electron chi connectivity index (χ1n) is 9.47. The highest BCUT2D eigenvalue weighted by molar-refractivity contribution is 5.51. The van der Waals surface area contributed by atoms with Crippen molar-refractivity contribution in [2.75, 3.05) is 41.1 Å². The Morgan fingerprint density at radius 3 is 2.58 bits per heavy atom. The Morgan fingerprint density at radius 1 is 1.12 bits per heavy atom. The maximum atomic E-state index is 6.04. The minimum atomic E-state index is -0.0456. The van der Waals surface area contributed by atoms with Crippen molar-refractivity contribution in [3.8, 4) is 17.2 Å². The lowest BCUT2D eigenvalue weighted by Gasteiger charge is -2.43. The smallest absolute Gasteiger partial charge is 0.165 e. The summed E-state index contributed by atoms with van der Waals surface area (Å²) in [5, 5.41) is 0. The van der Waals surface area contributed by atoms with Crippen molar-refractivity contribution in [2.24, 2.45) is 0 Å². The lowest BCUT2D eigenvalue weighted by Crippen LogP contribution is -2.51. The van der Waals surface area contributed by atoms with Gasteiger partial charge in [0.15, 0.2) is 11.5 Å². The van der Waals surface area contributed by atoms with Gasteiger partial charge in [0, 0.05) is 45.0 Å². The third-order valence-corrected chi connectivity index (χ3v) is 6.30. The predicted molar refractivity (Wildman–Crippen MR) is 97.2 cm³/mol. The highest BCUT2D eigenvalue weighted by atomic mass is 16.6. The summed E-state index contributed by atoms with van der Waals surface area (Å²) < 4.78 is 28.8. The summed E-state index contributed by atoms with van der Waals surface area (Å²) in [6.45, 7) is 3.00. The van der Waals surface area contributed by atoms with E-state index in [2.05, 4.69) is 11.0 Å². The maximum Gasteiger partial charge on any atom is 0.165 e. The van der Waals surface area contributed by atoms with Gasteiger partial charge >= 0.3 is 0 Å². The van der Waals surface area contributed by atoms with Gasteiger partial charge in [0.1, 0.15) is 19.0 Å². The Labute approximate surface area is 155 Å². The molecule has 0 spiro atoms. The van der Waals surface area contributed by atoms with Gasteiger partial charge < -0.3 is 23.7 Å². The highest BCUT2D eigenvalue weighted by Crippen LogP contribution is 2.45. The van der Waals surface area contributed by atoms with Crippen LogP contribution in [0.5, 0.6) is 17.2 Å². The first kappa shape index (κ1) is 17.9. The van der Waals surface area contributed by atoms with Gasteiger partial charge in [-0.25, -0.2) is 0 Å². The van der Waals surface area contributed by atoms with Crippen LogP contribution in [0, 0.1) is 0 Å². The van der Waals surface area contributed by atoms with Crippen LogP contribution in [0.3, 0.4) is 0 Å². The van der Waals surface area contributed by atoms with Gasteiger partial charge in [-0.3, -0.25) is 4.90 Å². The minimum Gasteiger partial charge on any atom is -0.496 e. The van der Waals surface area contributed by atoms with Crippen molar-refractivity contribution >= 4 is 0 Å². The molecule has 1 saturated carbocycles. The molecule has 0 radical (unpaired) electrons. The molecule has 26 heavy (non-hydrogen) atoms. The molecule has 144 valence electrons. The van der Waals surface area contributed by atoms with E-state index in [1.165, 1.54) is 0 Å². The summed E-state index contributed by atoms with van der Waals surface area (Å²) in [5.41, 5.74) is 1.08. The quantitative estimate of drug-likeness (QED) is 0.802. The molecular formula is C20H29NO5.